The number of nitrogens with one attached hydrogen (secondary N) is 1. The second-order valence-electron chi connectivity index (χ2n) is 5.11. The van der Waals surface area contributed by atoms with E-state index in [2.05, 4.69) is 10.5 Å². The van der Waals surface area contributed by atoms with E-state index in [1.165, 1.54) is 37.5 Å². The Morgan fingerprint density at radius 3 is 2.20 bits per heavy atom. The highest BCUT2D eigenvalue weighted by atomic mass is 35.5. The molecular formula is C16H15Cl2N3O3S. The first-order valence-corrected chi connectivity index (χ1v) is 9.62. The Balaban J connectivity index is 2.08. The fourth-order valence-electron chi connectivity index (χ4n) is 1.87. The van der Waals surface area contributed by atoms with Crippen molar-refractivity contribution in [2.75, 3.05) is 17.6 Å². The zero-order chi connectivity index (χ0) is 18.6. The quantitative estimate of drug-likeness (QED) is 0.619. The molecule has 0 unspecified atom stereocenters. The molecule has 0 radical (unpaired) electrons. The molecule has 132 valence electrons. The molecule has 25 heavy (non-hydrogen) atoms. The van der Waals surface area contributed by atoms with Crippen LogP contribution in [-0.4, -0.2) is 33.8 Å². The summed E-state index contributed by atoms with van der Waals surface area (Å²) in [6, 6.07) is 11.1. The van der Waals surface area contributed by atoms with Crippen LogP contribution in [0.4, 0.5) is 5.69 Å². The first-order chi connectivity index (χ1) is 11.7. The average molecular weight is 400 g/mol. The monoisotopic (exact) mass is 399 g/mol. The van der Waals surface area contributed by atoms with E-state index in [0.717, 1.165) is 10.6 Å². The summed E-state index contributed by atoms with van der Waals surface area (Å²) in [6.45, 7) is 0. The summed E-state index contributed by atoms with van der Waals surface area (Å²) in [5.74, 6) is -0.451. The molecule has 1 N–H and O–H groups in total. The van der Waals surface area contributed by atoms with Crippen molar-refractivity contribution in [3.63, 3.8) is 0 Å². The summed E-state index contributed by atoms with van der Waals surface area (Å²) in [5, 5.41) is 4.67. The Kier molecular flexibility index (Phi) is 6.05. The lowest BCUT2D eigenvalue weighted by atomic mass is 10.2. The van der Waals surface area contributed by atoms with Crippen LogP contribution in [-0.2, 0) is 10.0 Å². The fraction of sp³-hybridized carbons (Fsp3) is 0.125. The highest BCUT2D eigenvalue weighted by Gasteiger charge is 2.12. The molecule has 1 amide bonds. The zero-order valence-electron chi connectivity index (χ0n) is 13.4. The van der Waals surface area contributed by atoms with E-state index in [0.29, 0.717) is 26.9 Å². The first kappa shape index (κ1) is 19.2. The van der Waals surface area contributed by atoms with Crippen LogP contribution < -0.4 is 9.73 Å². The van der Waals surface area contributed by atoms with E-state index in [1.54, 1.807) is 18.2 Å². The molecule has 0 aliphatic rings. The van der Waals surface area contributed by atoms with Gasteiger partial charge in [0.15, 0.2) is 0 Å². The normalized spacial score (nSPS) is 11.5. The number of amides is 1. The van der Waals surface area contributed by atoms with Crippen LogP contribution in [0.5, 0.6) is 0 Å². The van der Waals surface area contributed by atoms with Crippen LogP contribution in [0.3, 0.4) is 0 Å². The van der Waals surface area contributed by atoms with Gasteiger partial charge in [-0.2, -0.15) is 5.10 Å². The maximum atomic E-state index is 12.1. The first-order valence-electron chi connectivity index (χ1n) is 7.01. The molecule has 0 saturated carbocycles. The molecule has 0 aliphatic carbocycles. The molecule has 2 aromatic rings. The number of hydrogen-bond acceptors (Lipinski definition) is 4. The Morgan fingerprint density at radius 1 is 1.12 bits per heavy atom. The fourth-order valence-corrected chi connectivity index (χ4v) is 2.87. The predicted octanol–water partition coefficient (Wildman–Crippen LogP) is 3.15. The number of sulfonamides is 1. The molecular weight excluding hydrogens is 385 g/mol. The second kappa shape index (κ2) is 7.86. The molecule has 6 nitrogen and oxygen atoms in total. The van der Waals surface area contributed by atoms with Gasteiger partial charge in [0.05, 0.1) is 28.2 Å². The summed E-state index contributed by atoms with van der Waals surface area (Å²) in [7, 11) is -1.93. The topological polar surface area (TPSA) is 78.8 Å². The van der Waals surface area contributed by atoms with Gasteiger partial charge in [0, 0.05) is 18.2 Å². The zero-order valence-corrected chi connectivity index (χ0v) is 15.7. The van der Waals surface area contributed by atoms with Gasteiger partial charge in [-0.1, -0.05) is 29.3 Å². The molecule has 0 saturated heterocycles. The van der Waals surface area contributed by atoms with Gasteiger partial charge in [-0.05, 0) is 36.4 Å². The number of carbonyl (C=O) groups is 1. The number of hydrazone groups is 1. The third-order valence-electron chi connectivity index (χ3n) is 3.35. The highest BCUT2D eigenvalue weighted by molar-refractivity contribution is 7.92. The molecule has 0 aliphatic heterocycles. The standard InChI is InChI=1S/C16H15Cl2N3O3S/c1-21(25(2,23)24)12-8-6-11(7-9-12)16(22)20-19-10-13-14(17)4-3-5-15(13)18/h3-10H,1-2H3,(H,20,22)/b19-10-. The number of carbonyl (C=O) groups excluding carboxylic acids is 1. The highest BCUT2D eigenvalue weighted by Crippen LogP contribution is 2.22. The van der Waals surface area contributed by atoms with E-state index in [1.807, 2.05) is 0 Å². The Morgan fingerprint density at radius 2 is 1.68 bits per heavy atom. The minimum Gasteiger partial charge on any atom is -0.274 e. The van der Waals surface area contributed by atoms with Crippen LogP contribution in [0.1, 0.15) is 15.9 Å². The number of halogens is 2. The molecule has 0 aromatic heterocycles. The summed E-state index contributed by atoms with van der Waals surface area (Å²) < 4.78 is 24.1. The number of anilines is 1. The van der Waals surface area contributed by atoms with Crippen molar-refractivity contribution < 1.29 is 13.2 Å². The SMILES string of the molecule is CN(c1ccc(C(=O)N/N=C\c2c(Cl)cccc2Cl)cc1)S(C)(=O)=O. The van der Waals surface area contributed by atoms with Gasteiger partial charge in [-0.3, -0.25) is 9.10 Å². The summed E-state index contributed by atoms with van der Waals surface area (Å²) in [6.07, 6.45) is 2.45. The van der Waals surface area contributed by atoms with Gasteiger partial charge in [-0.15, -0.1) is 0 Å². The Hall–Kier alpha value is -2.09. The molecule has 2 aromatic carbocycles. The van der Waals surface area contributed by atoms with Gasteiger partial charge >= 0.3 is 0 Å². The van der Waals surface area contributed by atoms with E-state index < -0.39 is 15.9 Å². The van der Waals surface area contributed by atoms with Crippen molar-refractivity contribution in [3.8, 4) is 0 Å². The predicted molar refractivity (Wildman–Crippen MR) is 101 cm³/mol. The Labute approximate surface area is 156 Å². The summed E-state index contributed by atoms with van der Waals surface area (Å²) in [4.78, 5) is 12.1. The molecule has 0 atom stereocenters. The largest absolute Gasteiger partial charge is 0.274 e. The van der Waals surface area contributed by atoms with Crippen molar-refractivity contribution in [2.45, 2.75) is 0 Å². The Bertz CT molecular complexity index is 892. The molecule has 9 heteroatoms. The van der Waals surface area contributed by atoms with Crippen molar-refractivity contribution in [1.82, 2.24) is 5.43 Å². The molecule has 0 bridgehead atoms. The van der Waals surface area contributed by atoms with Crippen LogP contribution in [0.2, 0.25) is 10.0 Å². The van der Waals surface area contributed by atoms with Crippen LogP contribution in [0.25, 0.3) is 0 Å². The minimum atomic E-state index is -3.36. The van der Waals surface area contributed by atoms with Crippen molar-refractivity contribution >= 4 is 51.0 Å². The molecule has 2 rings (SSSR count). The lowest BCUT2D eigenvalue weighted by molar-refractivity contribution is 0.0955. The van der Waals surface area contributed by atoms with Gasteiger partial charge in [0.1, 0.15) is 0 Å². The number of hydrogen-bond donors (Lipinski definition) is 1. The third kappa shape index (κ3) is 4.94. The van der Waals surface area contributed by atoms with Gasteiger partial charge in [0.2, 0.25) is 10.0 Å². The second-order valence-corrected chi connectivity index (χ2v) is 7.94. The maximum absolute atomic E-state index is 12.1. The van der Waals surface area contributed by atoms with Gasteiger partial charge < -0.3 is 0 Å². The van der Waals surface area contributed by atoms with Crippen LogP contribution in [0, 0.1) is 0 Å². The van der Waals surface area contributed by atoms with E-state index in [-0.39, 0.29) is 0 Å². The van der Waals surface area contributed by atoms with E-state index in [9.17, 15) is 13.2 Å². The lowest BCUT2D eigenvalue weighted by Gasteiger charge is -2.16. The van der Waals surface area contributed by atoms with E-state index >= 15 is 0 Å². The van der Waals surface area contributed by atoms with Gasteiger partial charge in [0.25, 0.3) is 5.91 Å². The van der Waals surface area contributed by atoms with Crippen molar-refractivity contribution in [2.24, 2.45) is 5.10 Å². The molecule has 0 spiro atoms. The minimum absolute atomic E-state index is 0.327. The molecule has 0 heterocycles. The number of rotatable bonds is 5. The smallest absolute Gasteiger partial charge is 0.271 e. The van der Waals surface area contributed by atoms with Crippen molar-refractivity contribution in [3.05, 3.63) is 63.6 Å². The van der Waals surface area contributed by atoms with Crippen molar-refractivity contribution in [1.29, 1.82) is 0 Å². The third-order valence-corrected chi connectivity index (χ3v) is 5.21. The number of nitrogens with zero attached hydrogens (tertiary/aromatic N) is 2. The van der Waals surface area contributed by atoms with Gasteiger partial charge in [-0.25, -0.2) is 13.8 Å². The average Bonchev–Trinajstić information content (AvgIpc) is 2.56. The van der Waals surface area contributed by atoms with Crippen LogP contribution in [0.15, 0.2) is 47.6 Å². The summed E-state index contributed by atoms with van der Waals surface area (Å²) in [5.41, 5.74) is 3.64. The maximum Gasteiger partial charge on any atom is 0.271 e. The lowest BCUT2D eigenvalue weighted by Crippen LogP contribution is -2.25. The summed E-state index contributed by atoms with van der Waals surface area (Å²) >= 11 is 12.0. The van der Waals surface area contributed by atoms with E-state index in [4.69, 9.17) is 23.2 Å². The number of benzene rings is 2. The van der Waals surface area contributed by atoms with Crippen LogP contribution >= 0.6 is 23.2 Å². The molecule has 0 fully saturated rings.